The van der Waals surface area contributed by atoms with Crippen LogP contribution in [0.2, 0.25) is 0 Å². The first-order valence-corrected chi connectivity index (χ1v) is 6.18. The Kier molecular flexibility index (Phi) is 3.41. The number of para-hydroxylation sites is 1. The molecule has 96 valence electrons. The number of rotatable bonds is 3. The van der Waals surface area contributed by atoms with Crippen LogP contribution in [0.25, 0.3) is 11.0 Å². The standard InChI is InChI=1S/C15H19NO2/c1-15(2,3)9-14(17)16-10-12-8-11-6-4-5-7-13(11)18-12/h4-8H,9-10H2,1-3H3,(H,16,17). The summed E-state index contributed by atoms with van der Waals surface area (Å²) < 4.78 is 5.63. The van der Waals surface area contributed by atoms with Crippen LogP contribution in [-0.2, 0) is 11.3 Å². The molecular weight excluding hydrogens is 226 g/mol. The Morgan fingerprint density at radius 3 is 2.67 bits per heavy atom. The van der Waals surface area contributed by atoms with Crippen LogP contribution in [0.1, 0.15) is 33.0 Å². The van der Waals surface area contributed by atoms with Crippen molar-refractivity contribution in [3.8, 4) is 0 Å². The van der Waals surface area contributed by atoms with Crippen LogP contribution in [0.5, 0.6) is 0 Å². The number of furan rings is 1. The van der Waals surface area contributed by atoms with Gasteiger partial charge >= 0.3 is 0 Å². The van der Waals surface area contributed by atoms with Crippen molar-refractivity contribution in [1.29, 1.82) is 0 Å². The van der Waals surface area contributed by atoms with E-state index >= 15 is 0 Å². The monoisotopic (exact) mass is 245 g/mol. The third kappa shape index (κ3) is 3.36. The topological polar surface area (TPSA) is 42.2 Å². The first-order chi connectivity index (χ1) is 8.44. The zero-order valence-corrected chi connectivity index (χ0v) is 11.1. The Morgan fingerprint density at radius 1 is 1.28 bits per heavy atom. The highest BCUT2D eigenvalue weighted by Gasteiger charge is 2.15. The highest BCUT2D eigenvalue weighted by Crippen LogP contribution is 2.20. The molecule has 0 aliphatic heterocycles. The third-order valence-electron chi connectivity index (χ3n) is 2.63. The Balaban J connectivity index is 1.96. The molecule has 0 saturated heterocycles. The molecule has 0 atom stereocenters. The summed E-state index contributed by atoms with van der Waals surface area (Å²) in [5.74, 6) is 0.849. The number of nitrogens with one attached hydrogen (secondary N) is 1. The first-order valence-electron chi connectivity index (χ1n) is 6.18. The molecule has 18 heavy (non-hydrogen) atoms. The van der Waals surface area contributed by atoms with Crippen molar-refractivity contribution in [2.45, 2.75) is 33.7 Å². The van der Waals surface area contributed by atoms with Gasteiger partial charge in [0.2, 0.25) is 5.91 Å². The van der Waals surface area contributed by atoms with Gasteiger partial charge in [-0.05, 0) is 17.5 Å². The summed E-state index contributed by atoms with van der Waals surface area (Å²) in [6, 6.07) is 9.80. The maximum atomic E-state index is 11.7. The molecule has 0 saturated carbocycles. The van der Waals surface area contributed by atoms with Crippen LogP contribution >= 0.6 is 0 Å². The van der Waals surface area contributed by atoms with Gasteiger partial charge in [-0.25, -0.2) is 0 Å². The summed E-state index contributed by atoms with van der Waals surface area (Å²) in [4.78, 5) is 11.7. The molecule has 2 aromatic rings. The highest BCUT2D eigenvalue weighted by molar-refractivity contribution is 5.78. The van der Waals surface area contributed by atoms with Crippen molar-refractivity contribution >= 4 is 16.9 Å². The lowest BCUT2D eigenvalue weighted by Crippen LogP contribution is -2.26. The molecule has 1 aromatic heterocycles. The van der Waals surface area contributed by atoms with Gasteiger partial charge in [0, 0.05) is 11.8 Å². The molecule has 2 rings (SSSR count). The molecule has 0 fully saturated rings. The first kappa shape index (κ1) is 12.7. The fourth-order valence-corrected chi connectivity index (χ4v) is 1.85. The number of amides is 1. The van der Waals surface area contributed by atoms with Crippen molar-refractivity contribution in [2.75, 3.05) is 0 Å². The van der Waals surface area contributed by atoms with E-state index in [0.29, 0.717) is 13.0 Å². The van der Waals surface area contributed by atoms with Crippen molar-refractivity contribution < 1.29 is 9.21 Å². The van der Waals surface area contributed by atoms with Crippen molar-refractivity contribution in [2.24, 2.45) is 5.41 Å². The highest BCUT2D eigenvalue weighted by atomic mass is 16.3. The van der Waals surface area contributed by atoms with E-state index in [-0.39, 0.29) is 11.3 Å². The molecule has 3 heteroatoms. The number of fused-ring (bicyclic) bond motifs is 1. The fourth-order valence-electron chi connectivity index (χ4n) is 1.85. The Bertz CT molecular complexity index is 516. The number of carbonyl (C=O) groups excluding carboxylic acids is 1. The Labute approximate surface area is 107 Å². The van der Waals surface area contributed by atoms with E-state index in [4.69, 9.17) is 4.42 Å². The summed E-state index contributed by atoms with van der Waals surface area (Å²) in [6.45, 7) is 6.60. The molecule has 3 nitrogen and oxygen atoms in total. The van der Waals surface area contributed by atoms with Gasteiger partial charge in [-0.15, -0.1) is 0 Å². The van der Waals surface area contributed by atoms with E-state index in [1.165, 1.54) is 0 Å². The molecule has 0 bridgehead atoms. The van der Waals surface area contributed by atoms with Gasteiger partial charge in [0.25, 0.3) is 0 Å². The third-order valence-corrected chi connectivity index (χ3v) is 2.63. The van der Waals surface area contributed by atoms with Crippen molar-refractivity contribution in [1.82, 2.24) is 5.32 Å². The quantitative estimate of drug-likeness (QED) is 0.899. The summed E-state index contributed by atoms with van der Waals surface area (Å²) >= 11 is 0. The minimum Gasteiger partial charge on any atom is -0.459 e. The van der Waals surface area contributed by atoms with Crippen LogP contribution in [-0.4, -0.2) is 5.91 Å². The zero-order chi connectivity index (χ0) is 13.2. The van der Waals surface area contributed by atoms with Crippen LogP contribution in [0, 0.1) is 5.41 Å². The SMILES string of the molecule is CC(C)(C)CC(=O)NCc1cc2ccccc2o1. The van der Waals surface area contributed by atoms with E-state index in [1.807, 2.05) is 51.1 Å². The predicted octanol–water partition coefficient (Wildman–Crippen LogP) is 3.49. The van der Waals surface area contributed by atoms with E-state index in [2.05, 4.69) is 5.32 Å². The van der Waals surface area contributed by atoms with Gasteiger partial charge in [0.05, 0.1) is 6.54 Å². The largest absolute Gasteiger partial charge is 0.459 e. The number of benzene rings is 1. The number of hydrogen-bond donors (Lipinski definition) is 1. The van der Waals surface area contributed by atoms with Crippen molar-refractivity contribution in [3.63, 3.8) is 0 Å². The van der Waals surface area contributed by atoms with Crippen LogP contribution < -0.4 is 5.32 Å². The smallest absolute Gasteiger partial charge is 0.220 e. The Hall–Kier alpha value is -1.77. The molecular formula is C15H19NO2. The van der Waals surface area contributed by atoms with Gasteiger partial charge in [0.1, 0.15) is 11.3 Å². The van der Waals surface area contributed by atoms with Gasteiger partial charge in [0.15, 0.2) is 0 Å². The minimum absolute atomic E-state index is 0.0119. The minimum atomic E-state index is 0.0119. The molecule has 0 aliphatic carbocycles. The van der Waals surface area contributed by atoms with Crippen LogP contribution in [0.15, 0.2) is 34.7 Å². The lowest BCUT2D eigenvalue weighted by molar-refractivity contribution is -0.123. The second kappa shape index (κ2) is 4.84. The molecule has 1 aromatic carbocycles. The second-order valence-corrected chi connectivity index (χ2v) is 5.76. The van der Waals surface area contributed by atoms with Gasteiger partial charge in [-0.1, -0.05) is 39.0 Å². The maximum absolute atomic E-state index is 11.7. The number of hydrogen-bond acceptors (Lipinski definition) is 2. The number of carbonyl (C=O) groups is 1. The van der Waals surface area contributed by atoms with E-state index in [9.17, 15) is 4.79 Å². The van der Waals surface area contributed by atoms with Crippen molar-refractivity contribution in [3.05, 3.63) is 36.1 Å². The Morgan fingerprint density at radius 2 is 2.00 bits per heavy atom. The molecule has 0 unspecified atom stereocenters. The second-order valence-electron chi connectivity index (χ2n) is 5.76. The molecule has 1 heterocycles. The molecule has 0 radical (unpaired) electrons. The van der Waals surface area contributed by atoms with E-state index in [1.54, 1.807) is 0 Å². The van der Waals surface area contributed by atoms with Crippen LogP contribution in [0.3, 0.4) is 0 Å². The van der Waals surface area contributed by atoms with E-state index in [0.717, 1.165) is 16.7 Å². The lowest BCUT2D eigenvalue weighted by atomic mass is 9.92. The predicted molar refractivity (Wildman–Crippen MR) is 72.1 cm³/mol. The molecule has 1 amide bonds. The summed E-state index contributed by atoms with van der Waals surface area (Å²) in [6.07, 6.45) is 0.521. The molecule has 0 spiro atoms. The average Bonchev–Trinajstić information content (AvgIpc) is 2.66. The van der Waals surface area contributed by atoms with Crippen LogP contribution in [0.4, 0.5) is 0 Å². The van der Waals surface area contributed by atoms with E-state index < -0.39 is 0 Å². The normalized spacial score (nSPS) is 11.7. The average molecular weight is 245 g/mol. The molecule has 0 aliphatic rings. The van der Waals surface area contributed by atoms with Gasteiger partial charge in [-0.3, -0.25) is 4.79 Å². The summed E-state index contributed by atoms with van der Waals surface area (Å²) in [5, 5.41) is 3.95. The zero-order valence-electron chi connectivity index (χ0n) is 11.1. The van der Waals surface area contributed by atoms with Gasteiger partial charge < -0.3 is 9.73 Å². The summed E-state index contributed by atoms with van der Waals surface area (Å²) in [5.41, 5.74) is 0.871. The fraction of sp³-hybridized carbons (Fsp3) is 0.400. The lowest BCUT2D eigenvalue weighted by Gasteiger charge is -2.16. The maximum Gasteiger partial charge on any atom is 0.220 e. The van der Waals surface area contributed by atoms with Gasteiger partial charge in [-0.2, -0.15) is 0 Å². The summed E-state index contributed by atoms with van der Waals surface area (Å²) in [7, 11) is 0. The molecule has 1 N–H and O–H groups in total.